The number of hydrogen-bond acceptors (Lipinski definition) is 5. The van der Waals surface area contributed by atoms with Crippen molar-refractivity contribution in [1.29, 1.82) is 0 Å². The number of rotatable bonds is 3. The Bertz CT molecular complexity index is 776. The van der Waals surface area contributed by atoms with Crippen molar-refractivity contribution in [3.8, 4) is 11.3 Å². The zero-order valence-electron chi connectivity index (χ0n) is 10.8. The van der Waals surface area contributed by atoms with Gasteiger partial charge < -0.3 is 11.1 Å². The molecule has 1 aliphatic carbocycles. The van der Waals surface area contributed by atoms with Crippen molar-refractivity contribution in [2.24, 2.45) is 0 Å². The Morgan fingerprint density at radius 1 is 1.20 bits per heavy atom. The van der Waals surface area contributed by atoms with Crippen molar-refractivity contribution in [2.75, 3.05) is 11.1 Å². The Morgan fingerprint density at radius 3 is 2.90 bits per heavy atom. The lowest BCUT2D eigenvalue weighted by molar-refractivity contribution is 1.09. The molecule has 1 fully saturated rings. The molecule has 0 radical (unpaired) electrons. The van der Waals surface area contributed by atoms with E-state index < -0.39 is 0 Å². The highest BCUT2D eigenvalue weighted by Gasteiger charge is 2.22. The minimum atomic E-state index is 0.320. The van der Waals surface area contributed by atoms with Gasteiger partial charge in [0.05, 0.1) is 5.69 Å². The van der Waals surface area contributed by atoms with Crippen molar-refractivity contribution in [3.63, 3.8) is 0 Å². The summed E-state index contributed by atoms with van der Waals surface area (Å²) in [5, 5.41) is 6.73. The standard InChI is InChI=1S/C15H14N4S/c16-15-18-12(7-14(19-15)17-9-5-6-9)11-8-20-13-4-2-1-3-10(11)13/h1-4,7-9H,5-6H2,(H3,16,17,18,19). The van der Waals surface area contributed by atoms with E-state index in [0.29, 0.717) is 12.0 Å². The third-order valence-corrected chi connectivity index (χ3v) is 4.39. The third kappa shape index (κ3) is 2.10. The second kappa shape index (κ2) is 4.45. The molecule has 2 aromatic heterocycles. The van der Waals surface area contributed by atoms with E-state index in [4.69, 9.17) is 5.73 Å². The quantitative estimate of drug-likeness (QED) is 0.771. The molecule has 0 aliphatic heterocycles. The van der Waals surface area contributed by atoms with Gasteiger partial charge in [0.25, 0.3) is 0 Å². The van der Waals surface area contributed by atoms with Gasteiger partial charge in [-0.1, -0.05) is 18.2 Å². The van der Waals surface area contributed by atoms with Gasteiger partial charge in [0.2, 0.25) is 5.95 Å². The molecule has 2 heterocycles. The highest BCUT2D eigenvalue weighted by atomic mass is 32.1. The molecule has 4 nitrogen and oxygen atoms in total. The maximum Gasteiger partial charge on any atom is 0.222 e. The number of aromatic nitrogens is 2. The molecule has 4 rings (SSSR count). The largest absolute Gasteiger partial charge is 0.368 e. The average molecular weight is 282 g/mol. The fraction of sp³-hybridized carbons (Fsp3) is 0.200. The lowest BCUT2D eigenvalue weighted by Crippen LogP contribution is -2.06. The normalized spacial score (nSPS) is 14.6. The van der Waals surface area contributed by atoms with Crippen molar-refractivity contribution in [1.82, 2.24) is 9.97 Å². The van der Waals surface area contributed by atoms with E-state index in [1.165, 1.54) is 22.9 Å². The van der Waals surface area contributed by atoms with Crippen molar-refractivity contribution in [3.05, 3.63) is 35.7 Å². The fourth-order valence-corrected chi connectivity index (χ4v) is 3.25. The first-order valence-corrected chi connectivity index (χ1v) is 7.55. The number of nitrogens with zero attached hydrogens (tertiary/aromatic N) is 2. The van der Waals surface area contributed by atoms with Crippen molar-refractivity contribution < 1.29 is 0 Å². The molecule has 1 aliphatic rings. The summed E-state index contributed by atoms with van der Waals surface area (Å²) in [5.41, 5.74) is 7.86. The Morgan fingerprint density at radius 2 is 2.05 bits per heavy atom. The highest BCUT2D eigenvalue weighted by Crippen LogP contribution is 2.34. The number of nitrogens with one attached hydrogen (secondary N) is 1. The first kappa shape index (κ1) is 11.7. The molecule has 0 atom stereocenters. The summed E-state index contributed by atoms with van der Waals surface area (Å²) in [6.45, 7) is 0. The maximum absolute atomic E-state index is 5.85. The first-order chi connectivity index (χ1) is 9.79. The SMILES string of the molecule is Nc1nc(NC2CC2)cc(-c2csc3ccccc23)n1. The summed E-state index contributed by atoms with van der Waals surface area (Å²) in [4.78, 5) is 8.65. The molecule has 0 unspecified atom stereocenters. The maximum atomic E-state index is 5.85. The molecule has 1 aromatic carbocycles. The summed E-state index contributed by atoms with van der Waals surface area (Å²) in [7, 11) is 0. The molecule has 0 amide bonds. The van der Waals surface area contributed by atoms with Crippen LogP contribution >= 0.6 is 11.3 Å². The van der Waals surface area contributed by atoms with Crippen LogP contribution in [0.2, 0.25) is 0 Å². The van der Waals surface area contributed by atoms with Crippen LogP contribution in [0, 0.1) is 0 Å². The van der Waals surface area contributed by atoms with E-state index in [2.05, 4.69) is 38.9 Å². The summed E-state index contributed by atoms with van der Waals surface area (Å²) < 4.78 is 1.26. The van der Waals surface area contributed by atoms with Gasteiger partial charge in [-0.2, -0.15) is 4.98 Å². The van der Waals surface area contributed by atoms with Crippen molar-refractivity contribution >= 4 is 33.2 Å². The number of fused-ring (bicyclic) bond motifs is 1. The van der Waals surface area contributed by atoms with Crippen LogP contribution < -0.4 is 11.1 Å². The Kier molecular flexibility index (Phi) is 2.60. The molecule has 0 spiro atoms. The Balaban J connectivity index is 1.82. The highest BCUT2D eigenvalue weighted by molar-refractivity contribution is 7.17. The van der Waals surface area contributed by atoms with Gasteiger partial charge >= 0.3 is 0 Å². The molecule has 0 bridgehead atoms. The first-order valence-electron chi connectivity index (χ1n) is 6.67. The van der Waals surface area contributed by atoms with Gasteiger partial charge in [-0.25, -0.2) is 4.98 Å². The van der Waals surface area contributed by atoms with E-state index in [1.807, 2.05) is 12.1 Å². The van der Waals surface area contributed by atoms with Crippen LogP contribution in [0.25, 0.3) is 21.3 Å². The zero-order valence-corrected chi connectivity index (χ0v) is 11.7. The molecule has 20 heavy (non-hydrogen) atoms. The van der Waals surface area contributed by atoms with Gasteiger partial charge in [-0.05, 0) is 18.9 Å². The molecular weight excluding hydrogens is 268 g/mol. The van der Waals surface area contributed by atoms with E-state index in [1.54, 1.807) is 11.3 Å². The van der Waals surface area contributed by atoms with Gasteiger partial charge in [-0.15, -0.1) is 11.3 Å². The van der Waals surface area contributed by atoms with Crippen LogP contribution in [-0.4, -0.2) is 16.0 Å². The van der Waals surface area contributed by atoms with E-state index in [0.717, 1.165) is 17.1 Å². The molecule has 3 aromatic rings. The topological polar surface area (TPSA) is 63.8 Å². The van der Waals surface area contributed by atoms with Gasteiger partial charge in [0, 0.05) is 33.1 Å². The van der Waals surface area contributed by atoms with E-state index >= 15 is 0 Å². The number of thiophene rings is 1. The van der Waals surface area contributed by atoms with Gasteiger partial charge in [-0.3, -0.25) is 0 Å². The number of anilines is 2. The lowest BCUT2D eigenvalue weighted by atomic mass is 10.1. The van der Waals surface area contributed by atoms with Crippen LogP contribution in [-0.2, 0) is 0 Å². The average Bonchev–Trinajstić information content (AvgIpc) is 3.14. The molecule has 100 valence electrons. The van der Waals surface area contributed by atoms with Gasteiger partial charge in [0.15, 0.2) is 0 Å². The number of benzene rings is 1. The van der Waals surface area contributed by atoms with Crippen molar-refractivity contribution in [2.45, 2.75) is 18.9 Å². The number of nitrogen functional groups attached to an aromatic ring is 1. The predicted molar refractivity (Wildman–Crippen MR) is 83.9 cm³/mol. The second-order valence-corrected chi connectivity index (χ2v) is 5.97. The summed E-state index contributed by atoms with van der Waals surface area (Å²) >= 11 is 1.73. The third-order valence-electron chi connectivity index (χ3n) is 3.43. The summed E-state index contributed by atoms with van der Waals surface area (Å²) in [6.07, 6.45) is 2.42. The lowest BCUT2D eigenvalue weighted by Gasteiger charge is -2.07. The molecule has 5 heteroatoms. The predicted octanol–water partition coefficient (Wildman–Crippen LogP) is 3.51. The van der Waals surface area contributed by atoms with Gasteiger partial charge in [0.1, 0.15) is 5.82 Å². The molecule has 3 N–H and O–H groups in total. The molecule has 1 saturated carbocycles. The smallest absolute Gasteiger partial charge is 0.222 e. The van der Waals surface area contributed by atoms with Crippen LogP contribution in [0.4, 0.5) is 11.8 Å². The Labute approximate surface area is 120 Å². The van der Waals surface area contributed by atoms with Crippen LogP contribution in [0.1, 0.15) is 12.8 Å². The monoisotopic (exact) mass is 282 g/mol. The molecule has 0 saturated heterocycles. The van der Waals surface area contributed by atoms with Crippen LogP contribution in [0.5, 0.6) is 0 Å². The summed E-state index contributed by atoms with van der Waals surface area (Å²) in [5.74, 6) is 1.14. The second-order valence-electron chi connectivity index (χ2n) is 5.06. The number of nitrogens with two attached hydrogens (primary N) is 1. The van der Waals surface area contributed by atoms with E-state index in [9.17, 15) is 0 Å². The minimum absolute atomic E-state index is 0.320. The molecular formula is C15H14N4S. The summed E-state index contributed by atoms with van der Waals surface area (Å²) in [6, 6.07) is 10.9. The zero-order chi connectivity index (χ0) is 13.5. The van der Waals surface area contributed by atoms with Crippen LogP contribution in [0.3, 0.4) is 0 Å². The van der Waals surface area contributed by atoms with Crippen LogP contribution in [0.15, 0.2) is 35.7 Å². The number of hydrogen-bond donors (Lipinski definition) is 2. The Hall–Kier alpha value is -2.14. The minimum Gasteiger partial charge on any atom is -0.368 e. The fourth-order valence-electron chi connectivity index (χ4n) is 2.29. The van der Waals surface area contributed by atoms with E-state index in [-0.39, 0.29) is 0 Å².